The number of rotatable bonds is 8. The predicted molar refractivity (Wildman–Crippen MR) is 60.0 cm³/mol. The molecule has 5 heteroatoms. The van der Waals surface area contributed by atoms with E-state index in [0.717, 1.165) is 25.9 Å². The van der Waals surface area contributed by atoms with Crippen LogP contribution < -0.4 is 0 Å². The van der Waals surface area contributed by atoms with Crippen LogP contribution in [0, 0.1) is 0 Å². The highest BCUT2D eigenvalue weighted by atomic mass is 16.5. The third-order valence-corrected chi connectivity index (χ3v) is 2.30. The second-order valence-corrected chi connectivity index (χ2v) is 3.66. The summed E-state index contributed by atoms with van der Waals surface area (Å²) >= 11 is 0. The molecule has 0 aliphatic rings. The quantitative estimate of drug-likeness (QED) is 0.579. The number of carbonyl (C=O) groups is 2. The molecule has 0 saturated heterocycles. The maximum atomic E-state index is 10.8. The Hall–Kier alpha value is -1.10. The Balaban J connectivity index is 3.41. The van der Waals surface area contributed by atoms with Crippen LogP contribution in [-0.4, -0.2) is 51.2 Å². The lowest BCUT2D eigenvalue weighted by Gasteiger charge is -2.15. The average molecular weight is 231 g/mol. The van der Waals surface area contributed by atoms with Crippen LogP contribution in [0.15, 0.2) is 0 Å². The second-order valence-electron chi connectivity index (χ2n) is 3.66. The van der Waals surface area contributed by atoms with Crippen LogP contribution in [0.4, 0.5) is 0 Å². The van der Waals surface area contributed by atoms with Gasteiger partial charge in [-0.3, -0.25) is 9.59 Å². The Morgan fingerprint density at radius 2 is 1.31 bits per heavy atom. The fraction of sp³-hybridized carbons (Fsp3) is 0.818. The molecule has 0 bridgehead atoms. The Kier molecular flexibility index (Phi) is 8.52. The molecule has 0 fully saturated rings. The maximum absolute atomic E-state index is 10.8. The minimum Gasteiger partial charge on any atom is -0.469 e. The van der Waals surface area contributed by atoms with Crippen molar-refractivity contribution in [2.45, 2.75) is 25.7 Å². The van der Waals surface area contributed by atoms with Crippen molar-refractivity contribution in [3.05, 3.63) is 0 Å². The molecular weight excluding hydrogens is 210 g/mol. The van der Waals surface area contributed by atoms with Crippen molar-refractivity contribution >= 4 is 11.9 Å². The van der Waals surface area contributed by atoms with Gasteiger partial charge in [-0.25, -0.2) is 0 Å². The van der Waals surface area contributed by atoms with Gasteiger partial charge in [-0.1, -0.05) is 0 Å². The zero-order valence-electron chi connectivity index (χ0n) is 10.3. The van der Waals surface area contributed by atoms with Gasteiger partial charge in [-0.05, 0) is 33.0 Å². The first kappa shape index (κ1) is 14.9. The van der Waals surface area contributed by atoms with E-state index in [0.29, 0.717) is 12.8 Å². The van der Waals surface area contributed by atoms with E-state index in [2.05, 4.69) is 14.4 Å². The van der Waals surface area contributed by atoms with Crippen LogP contribution in [0.5, 0.6) is 0 Å². The summed E-state index contributed by atoms with van der Waals surface area (Å²) in [5, 5.41) is 0. The number of hydrogen-bond donors (Lipinski definition) is 0. The molecule has 0 heterocycles. The van der Waals surface area contributed by atoms with E-state index in [1.54, 1.807) is 0 Å². The van der Waals surface area contributed by atoms with Crippen molar-refractivity contribution in [2.75, 3.05) is 34.4 Å². The van der Waals surface area contributed by atoms with Crippen molar-refractivity contribution < 1.29 is 19.1 Å². The van der Waals surface area contributed by atoms with Gasteiger partial charge in [0.1, 0.15) is 0 Å². The van der Waals surface area contributed by atoms with Crippen LogP contribution in [0.2, 0.25) is 0 Å². The van der Waals surface area contributed by atoms with Crippen molar-refractivity contribution in [3.8, 4) is 0 Å². The van der Waals surface area contributed by atoms with E-state index in [1.165, 1.54) is 14.2 Å². The van der Waals surface area contributed by atoms with Crippen LogP contribution in [-0.2, 0) is 19.1 Å². The van der Waals surface area contributed by atoms with Gasteiger partial charge >= 0.3 is 11.9 Å². The molecule has 0 aliphatic heterocycles. The number of ether oxygens (including phenoxy) is 2. The number of esters is 2. The lowest BCUT2D eigenvalue weighted by Crippen LogP contribution is -2.22. The minimum atomic E-state index is -0.178. The van der Waals surface area contributed by atoms with Gasteiger partial charge in [0.15, 0.2) is 0 Å². The molecule has 0 unspecified atom stereocenters. The summed E-state index contributed by atoms with van der Waals surface area (Å²) in [5.41, 5.74) is 0. The summed E-state index contributed by atoms with van der Waals surface area (Å²) in [6.07, 6.45) is 2.44. The zero-order chi connectivity index (χ0) is 12.4. The molecule has 0 aromatic carbocycles. The minimum absolute atomic E-state index is 0.178. The Bertz CT molecular complexity index is 196. The third-order valence-electron chi connectivity index (χ3n) is 2.30. The molecule has 0 N–H and O–H groups in total. The van der Waals surface area contributed by atoms with Crippen LogP contribution in [0.1, 0.15) is 25.7 Å². The van der Waals surface area contributed by atoms with Gasteiger partial charge in [0.05, 0.1) is 14.2 Å². The molecule has 94 valence electrons. The summed E-state index contributed by atoms with van der Waals surface area (Å²) in [5.74, 6) is -0.356. The average Bonchev–Trinajstić information content (AvgIpc) is 2.28. The largest absolute Gasteiger partial charge is 0.469 e. The Morgan fingerprint density at radius 1 is 0.938 bits per heavy atom. The molecule has 0 rings (SSSR count). The predicted octanol–water partition coefficient (Wildman–Crippen LogP) is 0.825. The molecule has 0 radical (unpaired) electrons. The standard InChI is InChI=1S/C11H21NO4/c1-12(8-4-6-10(13)15-2)9-5-7-11(14)16-3/h4-9H2,1-3H3. The molecular formula is C11H21NO4. The first-order chi connectivity index (χ1) is 7.60. The smallest absolute Gasteiger partial charge is 0.305 e. The number of carbonyl (C=O) groups excluding carboxylic acids is 2. The van der Waals surface area contributed by atoms with Gasteiger partial charge in [0.2, 0.25) is 0 Å². The molecule has 0 spiro atoms. The highest BCUT2D eigenvalue weighted by Gasteiger charge is 2.04. The Labute approximate surface area is 96.7 Å². The van der Waals surface area contributed by atoms with E-state index in [9.17, 15) is 9.59 Å². The van der Waals surface area contributed by atoms with Gasteiger partial charge < -0.3 is 14.4 Å². The van der Waals surface area contributed by atoms with E-state index in [1.807, 2.05) is 7.05 Å². The fourth-order valence-electron chi connectivity index (χ4n) is 1.30. The molecule has 0 aliphatic carbocycles. The number of hydrogen-bond acceptors (Lipinski definition) is 5. The highest BCUT2D eigenvalue weighted by Crippen LogP contribution is 1.98. The summed E-state index contributed by atoms with van der Waals surface area (Å²) in [7, 11) is 4.75. The second kappa shape index (κ2) is 9.15. The van der Waals surface area contributed by atoms with Gasteiger partial charge in [-0.2, -0.15) is 0 Å². The van der Waals surface area contributed by atoms with E-state index in [-0.39, 0.29) is 11.9 Å². The van der Waals surface area contributed by atoms with E-state index >= 15 is 0 Å². The summed E-state index contributed by atoms with van der Waals surface area (Å²) in [6, 6.07) is 0. The number of methoxy groups -OCH3 is 2. The highest BCUT2D eigenvalue weighted by molar-refractivity contribution is 5.69. The van der Waals surface area contributed by atoms with Crippen molar-refractivity contribution in [3.63, 3.8) is 0 Å². The van der Waals surface area contributed by atoms with E-state index < -0.39 is 0 Å². The summed E-state index contributed by atoms with van der Waals surface area (Å²) < 4.78 is 9.08. The first-order valence-corrected chi connectivity index (χ1v) is 5.42. The fourth-order valence-corrected chi connectivity index (χ4v) is 1.30. The molecule has 0 atom stereocenters. The normalized spacial score (nSPS) is 10.2. The van der Waals surface area contributed by atoms with Gasteiger partial charge in [0, 0.05) is 12.8 Å². The van der Waals surface area contributed by atoms with Crippen LogP contribution in [0.3, 0.4) is 0 Å². The molecule has 5 nitrogen and oxygen atoms in total. The monoisotopic (exact) mass is 231 g/mol. The Morgan fingerprint density at radius 3 is 1.62 bits per heavy atom. The van der Waals surface area contributed by atoms with Gasteiger partial charge in [-0.15, -0.1) is 0 Å². The van der Waals surface area contributed by atoms with Crippen LogP contribution in [0.25, 0.3) is 0 Å². The van der Waals surface area contributed by atoms with Crippen molar-refractivity contribution in [2.24, 2.45) is 0 Å². The topological polar surface area (TPSA) is 55.8 Å². The summed E-state index contributed by atoms with van der Waals surface area (Å²) in [4.78, 5) is 23.8. The van der Waals surface area contributed by atoms with Gasteiger partial charge in [0.25, 0.3) is 0 Å². The summed E-state index contributed by atoms with van der Waals surface area (Å²) in [6.45, 7) is 1.66. The first-order valence-electron chi connectivity index (χ1n) is 5.42. The SMILES string of the molecule is COC(=O)CCCN(C)CCCC(=O)OC. The molecule has 0 aromatic rings. The lowest BCUT2D eigenvalue weighted by atomic mass is 10.2. The van der Waals surface area contributed by atoms with Crippen molar-refractivity contribution in [1.29, 1.82) is 0 Å². The zero-order valence-corrected chi connectivity index (χ0v) is 10.3. The molecule has 0 aromatic heterocycles. The van der Waals surface area contributed by atoms with Crippen LogP contribution >= 0.6 is 0 Å². The van der Waals surface area contributed by atoms with E-state index in [4.69, 9.17) is 0 Å². The molecule has 0 saturated carbocycles. The lowest BCUT2D eigenvalue weighted by molar-refractivity contribution is -0.141. The van der Waals surface area contributed by atoms with Crippen molar-refractivity contribution in [1.82, 2.24) is 4.90 Å². The molecule has 0 amide bonds. The third kappa shape index (κ3) is 8.23. The maximum Gasteiger partial charge on any atom is 0.305 e. The number of nitrogens with zero attached hydrogens (tertiary/aromatic N) is 1. The molecule has 16 heavy (non-hydrogen) atoms.